The third-order valence-electron chi connectivity index (χ3n) is 4.10. The summed E-state index contributed by atoms with van der Waals surface area (Å²) < 4.78 is 5.69. The first kappa shape index (κ1) is 17.1. The Labute approximate surface area is 138 Å². The van der Waals surface area contributed by atoms with Crippen LogP contribution in [-0.4, -0.2) is 19.1 Å². The first-order valence-electron chi connectivity index (χ1n) is 7.99. The van der Waals surface area contributed by atoms with Gasteiger partial charge in [0.15, 0.2) is 6.61 Å². The van der Waals surface area contributed by atoms with Gasteiger partial charge in [0.1, 0.15) is 5.75 Å². The van der Waals surface area contributed by atoms with Crippen molar-refractivity contribution in [2.45, 2.75) is 33.6 Å². The van der Waals surface area contributed by atoms with E-state index in [0.29, 0.717) is 6.54 Å². The van der Waals surface area contributed by atoms with Crippen LogP contribution in [0.2, 0.25) is 0 Å². The fourth-order valence-corrected chi connectivity index (χ4v) is 2.51. The fourth-order valence-electron chi connectivity index (χ4n) is 2.51. The number of rotatable bonds is 6. The second-order valence-corrected chi connectivity index (χ2v) is 6.11. The summed E-state index contributed by atoms with van der Waals surface area (Å²) in [6.07, 6.45) is 0. The monoisotopic (exact) mass is 311 g/mol. The highest BCUT2D eigenvalue weighted by Crippen LogP contribution is 2.23. The van der Waals surface area contributed by atoms with E-state index in [1.165, 1.54) is 11.1 Å². The Morgan fingerprint density at radius 2 is 1.83 bits per heavy atom. The van der Waals surface area contributed by atoms with Crippen molar-refractivity contribution in [1.82, 2.24) is 5.32 Å². The molecular formula is C20H25NO2. The van der Waals surface area contributed by atoms with Crippen LogP contribution in [0.5, 0.6) is 5.75 Å². The quantitative estimate of drug-likeness (QED) is 0.878. The molecule has 0 aromatic heterocycles. The Morgan fingerprint density at radius 3 is 2.52 bits per heavy atom. The van der Waals surface area contributed by atoms with E-state index >= 15 is 0 Å². The van der Waals surface area contributed by atoms with Crippen molar-refractivity contribution in [3.8, 4) is 5.75 Å². The molecule has 0 radical (unpaired) electrons. The maximum atomic E-state index is 12.0. The molecule has 2 rings (SSSR count). The Hall–Kier alpha value is -2.29. The molecule has 0 spiro atoms. The molecule has 0 unspecified atom stereocenters. The van der Waals surface area contributed by atoms with Gasteiger partial charge in [0, 0.05) is 6.54 Å². The van der Waals surface area contributed by atoms with Gasteiger partial charge in [-0.3, -0.25) is 4.79 Å². The average molecular weight is 311 g/mol. The summed E-state index contributed by atoms with van der Waals surface area (Å²) >= 11 is 0. The maximum absolute atomic E-state index is 12.0. The lowest BCUT2D eigenvalue weighted by Crippen LogP contribution is -2.32. The van der Waals surface area contributed by atoms with Crippen LogP contribution < -0.4 is 10.1 Å². The van der Waals surface area contributed by atoms with Crippen LogP contribution in [0, 0.1) is 20.8 Å². The van der Waals surface area contributed by atoms with Crippen molar-refractivity contribution < 1.29 is 9.53 Å². The summed E-state index contributed by atoms with van der Waals surface area (Å²) in [6.45, 7) is 8.85. The van der Waals surface area contributed by atoms with Crippen molar-refractivity contribution in [1.29, 1.82) is 0 Å². The number of amides is 1. The average Bonchev–Trinajstić information content (AvgIpc) is 2.55. The normalized spacial score (nSPS) is 11.8. The zero-order valence-corrected chi connectivity index (χ0v) is 14.3. The van der Waals surface area contributed by atoms with E-state index < -0.39 is 0 Å². The summed E-state index contributed by atoms with van der Waals surface area (Å²) in [4.78, 5) is 12.0. The smallest absolute Gasteiger partial charge is 0.257 e. The number of hydrogen-bond donors (Lipinski definition) is 1. The van der Waals surface area contributed by atoms with Crippen LogP contribution in [-0.2, 0) is 4.79 Å². The Balaban J connectivity index is 1.84. The zero-order valence-electron chi connectivity index (χ0n) is 14.3. The Kier molecular flexibility index (Phi) is 5.80. The van der Waals surface area contributed by atoms with Crippen LogP contribution in [0.25, 0.3) is 0 Å². The summed E-state index contributed by atoms with van der Waals surface area (Å²) in [7, 11) is 0. The van der Waals surface area contributed by atoms with Gasteiger partial charge in [-0.15, -0.1) is 0 Å². The van der Waals surface area contributed by atoms with Crippen molar-refractivity contribution >= 4 is 5.91 Å². The molecule has 3 nitrogen and oxygen atoms in total. The number of carbonyl (C=O) groups is 1. The number of carbonyl (C=O) groups excluding carboxylic acids is 1. The SMILES string of the molecule is Cc1cc(C)c(C)c(OCC(=O)NC[C@@H](C)c2ccccc2)c1. The van der Waals surface area contributed by atoms with Crippen molar-refractivity contribution in [2.75, 3.05) is 13.2 Å². The lowest BCUT2D eigenvalue weighted by molar-refractivity contribution is -0.123. The van der Waals surface area contributed by atoms with Gasteiger partial charge in [-0.1, -0.05) is 43.3 Å². The van der Waals surface area contributed by atoms with E-state index in [1.54, 1.807) is 0 Å². The first-order chi connectivity index (χ1) is 11.0. The standard InChI is InChI=1S/C20H25NO2/c1-14-10-15(2)17(4)19(11-14)23-13-20(22)21-12-16(3)18-8-6-5-7-9-18/h5-11,16H,12-13H2,1-4H3,(H,21,22)/t16-/m1/s1. The Bertz CT molecular complexity index is 665. The van der Waals surface area contributed by atoms with Crippen molar-refractivity contribution in [2.24, 2.45) is 0 Å². The van der Waals surface area contributed by atoms with Gasteiger partial charge in [-0.05, 0) is 55.0 Å². The largest absolute Gasteiger partial charge is 0.483 e. The molecule has 0 aliphatic heterocycles. The van der Waals surface area contributed by atoms with Crippen LogP contribution in [0.1, 0.15) is 35.1 Å². The minimum absolute atomic E-state index is 0.0469. The topological polar surface area (TPSA) is 38.3 Å². The highest BCUT2D eigenvalue weighted by Gasteiger charge is 2.10. The fraction of sp³-hybridized carbons (Fsp3) is 0.350. The molecule has 0 aliphatic rings. The maximum Gasteiger partial charge on any atom is 0.257 e. The third kappa shape index (κ3) is 4.85. The molecule has 0 bridgehead atoms. The third-order valence-corrected chi connectivity index (χ3v) is 4.10. The second kappa shape index (κ2) is 7.82. The van der Waals surface area contributed by atoms with Gasteiger partial charge in [0.05, 0.1) is 0 Å². The van der Waals surface area contributed by atoms with E-state index in [4.69, 9.17) is 4.74 Å². The van der Waals surface area contributed by atoms with Crippen LogP contribution >= 0.6 is 0 Å². The first-order valence-corrected chi connectivity index (χ1v) is 7.99. The molecule has 2 aromatic carbocycles. The van der Waals surface area contributed by atoms with Gasteiger partial charge in [0.25, 0.3) is 5.91 Å². The molecule has 1 N–H and O–H groups in total. The molecule has 122 valence electrons. The lowest BCUT2D eigenvalue weighted by Gasteiger charge is -2.15. The van der Waals surface area contributed by atoms with Crippen LogP contribution in [0.3, 0.4) is 0 Å². The molecule has 0 saturated carbocycles. The van der Waals surface area contributed by atoms with E-state index in [-0.39, 0.29) is 18.4 Å². The number of nitrogens with one attached hydrogen (secondary N) is 1. The molecule has 0 fully saturated rings. The molecular weight excluding hydrogens is 286 g/mol. The van der Waals surface area contributed by atoms with Gasteiger partial charge in [-0.25, -0.2) is 0 Å². The number of ether oxygens (including phenoxy) is 1. The molecule has 23 heavy (non-hydrogen) atoms. The van der Waals surface area contributed by atoms with Crippen molar-refractivity contribution in [3.63, 3.8) is 0 Å². The predicted molar refractivity (Wildman–Crippen MR) is 94.0 cm³/mol. The van der Waals surface area contributed by atoms with E-state index in [2.05, 4.69) is 37.4 Å². The minimum Gasteiger partial charge on any atom is -0.483 e. The van der Waals surface area contributed by atoms with E-state index in [0.717, 1.165) is 16.9 Å². The molecule has 3 heteroatoms. The molecule has 0 heterocycles. The Morgan fingerprint density at radius 1 is 1.13 bits per heavy atom. The number of aryl methyl sites for hydroxylation is 2. The summed E-state index contributed by atoms with van der Waals surface area (Å²) in [5.74, 6) is 0.975. The van der Waals surface area contributed by atoms with Gasteiger partial charge >= 0.3 is 0 Å². The van der Waals surface area contributed by atoms with Gasteiger partial charge in [-0.2, -0.15) is 0 Å². The summed E-state index contributed by atoms with van der Waals surface area (Å²) in [6, 6.07) is 14.3. The van der Waals surface area contributed by atoms with Gasteiger partial charge < -0.3 is 10.1 Å². The van der Waals surface area contributed by atoms with Crippen molar-refractivity contribution in [3.05, 3.63) is 64.7 Å². The highest BCUT2D eigenvalue weighted by atomic mass is 16.5. The molecule has 2 aromatic rings. The number of hydrogen-bond acceptors (Lipinski definition) is 2. The molecule has 1 atom stereocenters. The van der Waals surface area contributed by atoms with E-state index in [9.17, 15) is 4.79 Å². The zero-order chi connectivity index (χ0) is 16.8. The molecule has 1 amide bonds. The predicted octanol–water partition coefficient (Wildman–Crippen LogP) is 3.91. The number of benzene rings is 2. The summed E-state index contributed by atoms with van der Waals surface area (Å²) in [5, 5.41) is 2.94. The second-order valence-electron chi connectivity index (χ2n) is 6.11. The molecule has 0 saturated heterocycles. The van der Waals surface area contributed by atoms with Crippen LogP contribution in [0.4, 0.5) is 0 Å². The molecule has 0 aliphatic carbocycles. The van der Waals surface area contributed by atoms with Gasteiger partial charge in [0.2, 0.25) is 0 Å². The van der Waals surface area contributed by atoms with E-state index in [1.807, 2.05) is 38.1 Å². The lowest BCUT2D eigenvalue weighted by atomic mass is 10.0. The highest BCUT2D eigenvalue weighted by molar-refractivity contribution is 5.77. The minimum atomic E-state index is -0.0914. The summed E-state index contributed by atoms with van der Waals surface area (Å²) in [5.41, 5.74) is 4.62. The van der Waals surface area contributed by atoms with Crippen LogP contribution in [0.15, 0.2) is 42.5 Å².